The Labute approximate surface area is 110 Å². The molecule has 0 saturated carbocycles. The minimum Gasteiger partial charge on any atom is -0.495 e. The molecule has 0 aliphatic heterocycles. The third kappa shape index (κ3) is 7.45. The Morgan fingerprint density at radius 2 is 2.22 bits per heavy atom. The highest BCUT2D eigenvalue weighted by Gasteiger charge is 2.09. The molecule has 0 radical (unpaired) electrons. The molecular weight excluding hydrogens is 232 g/mol. The summed E-state index contributed by atoms with van der Waals surface area (Å²) in [5, 5.41) is 11.9. The maximum atomic E-state index is 8.78. The highest BCUT2D eigenvalue weighted by molar-refractivity contribution is 5.21. The highest BCUT2D eigenvalue weighted by Crippen LogP contribution is 2.10. The summed E-state index contributed by atoms with van der Waals surface area (Å²) in [5.41, 5.74) is 6.46. The lowest BCUT2D eigenvalue weighted by molar-refractivity contribution is 0.0780. The Bertz CT molecular complexity index is 267. The van der Waals surface area contributed by atoms with Gasteiger partial charge in [-0.1, -0.05) is 6.58 Å². The second-order valence-corrected chi connectivity index (χ2v) is 4.09. The van der Waals surface area contributed by atoms with Crippen LogP contribution in [0.15, 0.2) is 24.0 Å². The van der Waals surface area contributed by atoms with Gasteiger partial charge < -0.3 is 25.6 Å². The SMILES string of the molecule is C=C(/C=C(/OCC)[C@H](C)OC)CNC[C@H](N)CO. The van der Waals surface area contributed by atoms with Crippen molar-refractivity contribution in [3.63, 3.8) is 0 Å². The van der Waals surface area contributed by atoms with Crippen molar-refractivity contribution < 1.29 is 14.6 Å². The van der Waals surface area contributed by atoms with Crippen molar-refractivity contribution >= 4 is 0 Å². The Morgan fingerprint density at radius 1 is 1.56 bits per heavy atom. The van der Waals surface area contributed by atoms with Gasteiger partial charge in [0.05, 0.1) is 13.2 Å². The fourth-order valence-corrected chi connectivity index (χ4v) is 1.29. The molecule has 0 spiro atoms. The van der Waals surface area contributed by atoms with Crippen molar-refractivity contribution in [2.24, 2.45) is 5.73 Å². The van der Waals surface area contributed by atoms with E-state index >= 15 is 0 Å². The molecule has 0 unspecified atom stereocenters. The molecule has 0 saturated heterocycles. The fraction of sp³-hybridized carbons (Fsp3) is 0.692. The standard InChI is InChI=1S/C13H26N2O3/c1-5-18-13(11(3)17-4)6-10(2)7-15-8-12(14)9-16/h6,11-12,15-16H,2,5,7-9,14H2,1,3-4H3/b13-6+/t11-,12-/m0/s1. The van der Waals surface area contributed by atoms with E-state index in [1.807, 2.05) is 19.9 Å². The Morgan fingerprint density at radius 3 is 2.72 bits per heavy atom. The van der Waals surface area contributed by atoms with Crippen molar-refractivity contribution in [1.29, 1.82) is 0 Å². The normalized spacial score (nSPS) is 15.3. The summed E-state index contributed by atoms with van der Waals surface area (Å²) < 4.78 is 10.7. The number of rotatable bonds is 10. The van der Waals surface area contributed by atoms with Crippen LogP contribution in [0.4, 0.5) is 0 Å². The molecule has 0 aromatic carbocycles. The smallest absolute Gasteiger partial charge is 0.125 e. The molecule has 0 bridgehead atoms. The van der Waals surface area contributed by atoms with Gasteiger partial charge in [0.15, 0.2) is 0 Å². The van der Waals surface area contributed by atoms with E-state index in [-0.39, 0.29) is 18.8 Å². The summed E-state index contributed by atoms with van der Waals surface area (Å²) in [7, 11) is 1.64. The van der Waals surface area contributed by atoms with Crippen molar-refractivity contribution in [3.05, 3.63) is 24.0 Å². The molecule has 0 amide bonds. The third-order valence-corrected chi connectivity index (χ3v) is 2.40. The van der Waals surface area contributed by atoms with Crippen LogP contribution >= 0.6 is 0 Å². The van der Waals surface area contributed by atoms with Gasteiger partial charge in [-0.2, -0.15) is 0 Å². The number of aliphatic hydroxyl groups is 1. The average Bonchev–Trinajstić information content (AvgIpc) is 2.37. The lowest BCUT2D eigenvalue weighted by atomic mass is 10.2. The quantitative estimate of drug-likeness (QED) is 0.391. The van der Waals surface area contributed by atoms with E-state index in [0.717, 1.165) is 11.3 Å². The van der Waals surface area contributed by atoms with Crippen LogP contribution in [0, 0.1) is 0 Å². The zero-order valence-corrected chi connectivity index (χ0v) is 11.6. The molecule has 5 heteroatoms. The van der Waals surface area contributed by atoms with E-state index in [9.17, 15) is 0 Å². The number of hydrogen-bond donors (Lipinski definition) is 3. The van der Waals surface area contributed by atoms with Gasteiger partial charge in [0.1, 0.15) is 11.9 Å². The largest absolute Gasteiger partial charge is 0.495 e. The molecule has 2 atom stereocenters. The van der Waals surface area contributed by atoms with Gasteiger partial charge in [0.2, 0.25) is 0 Å². The zero-order valence-electron chi connectivity index (χ0n) is 11.6. The summed E-state index contributed by atoms with van der Waals surface area (Å²) in [4.78, 5) is 0. The number of methoxy groups -OCH3 is 1. The molecule has 18 heavy (non-hydrogen) atoms. The molecule has 0 aliphatic rings. The Kier molecular flexibility index (Phi) is 9.59. The van der Waals surface area contributed by atoms with E-state index in [0.29, 0.717) is 19.7 Å². The first-order valence-corrected chi connectivity index (χ1v) is 6.17. The summed E-state index contributed by atoms with van der Waals surface area (Å²) in [6, 6.07) is -0.244. The third-order valence-electron chi connectivity index (χ3n) is 2.40. The molecule has 0 fully saturated rings. The summed E-state index contributed by atoms with van der Waals surface area (Å²) in [5.74, 6) is 0.762. The zero-order chi connectivity index (χ0) is 14.0. The summed E-state index contributed by atoms with van der Waals surface area (Å²) in [6.45, 7) is 9.50. The first kappa shape index (κ1) is 17.1. The van der Waals surface area contributed by atoms with Crippen LogP contribution in [0.5, 0.6) is 0 Å². The molecule has 0 rings (SSSR count). The van der Waals surface area contributed by atoms with Crippen molar-refractivity contribution in [2.75, 3.05) is 33.4 Å². The fourth-order valence-electron chi connectivity index (χ4n) is 1.29. The van der Waals surface area contributed by atoms with Crippen LogP contribution in [0.2, 0.25) is 0 Å². The summed E-state index contributed by atoms with van der Waals surface area (Å²) >= 11 is 0. The minimum atomic E-state index is -0.244. The Balaban J connectivity index is 4.21. The number of nitrogens with two attached hydrogens (primary N) is 1. The lowest BCUT2D eigenvalue weighted by Gasteiger charge is -2.16. The molecule has 0 aromatic heterocycles. The molecule has 4 N–H and O–H groups in total. The maximum Gasteiger partial charge on any atom is 0.125 e. The van der Waals surface area contributed by atoms with Crippen molar-refractivity contribution in [3.8, 4) is 0 Å². The van der Waals surface area contributed by atoms with Crippen molar-refractivity contribution in [1.82, 2.24) is 5.32 Å². The molecule has 106 valence electrons. The van der Waals surface area contributed by atoms with Gasteiger partial charge in [-0.05, 0) is 25.5 Å². The van der Waals surface area contributed by atoms with Crippen LogP contribution in [-0.2, 0) is 9.47 Å². The van der Waals surface area contributed by atoms with Gasteiger partial charge in [0, 0.05) is 26.2 Å². The number of hydrogen-bond acceptors (Lipinski definition) is 5. The van der Waals surface area contributed by atoms with Crippen LogP contribution < -0.4 is 11.1 Å². The predicted molar refractivity (Wildman–Crippen MR) is 73.3 cm³/mol. The second kappa shape index (κ2) is 10.1. The molecule has 5 nitrogen and oxygen atoms in total. The van der Waals surface area contributed by atoms with E-state index in [2.05, 4.69) is 11.9 Å². The van der Waals surface area contributed by atoms with E-state index < -0.39 is 0 Å². The van der Waals surface area contributed by atoms with Gasteiger partial charge in [-0.25, -0.2) is 0 Å². The lowest BCUT2D eigenvalue weighted by Crippen LogP contribution is -2.37. The van der Waals surface area contributed by atoms with Crippen LogP contribution in [0.25, 0.3) is 0 Å². The maximum absolute atomic E-state index is 8.78. The first-order valence-electron chi connectivity index (χ1n) is 6.17. The molecule has 0 aromatic rings. The summed E-state index contributed by atoms with van der Waals surface area (Å²) in [6.07, 6.45) is 1.77. The first-order chi connectivity index (χ1) is 8.54. The van der Waals surface area contributed by atoms with E-state index in [4.69, 9.17) is 20.3 Å². The number of aliphatic hydroxyl groups excluding tert-OH is 1. The topological polar surface area (TPSA) is 76.7 Å². The highest BCUT2D eigenvalue weighted by atomic mass is 16.5. The van der Waals surface area contributed by atoms with Crippen molar-refractivity contribution in [2.45, 2.75) is 26.0 Å². The van der Waals surface area contributed by atoms with Gasteiger partial charge in [-0.3, -0.25) is 0 Å². The number of nitrogens with one attached hydrogen (secondary N) is 1. The number of ether oxygens (including phenoxy) is 2. The van der Waals surface area contributed by atoms with Gasteiger partial charge in [0.25, 0.3) is 0 Å². The molecular formula is C13H26N2O3. The second-order valence-electron chi connectivity index (χ2n) is 4.09. The average molecular weight is 258 g/mol. The van der Waals surface area contributed by atoms with E-state index in [1.165, 1.54) is 0 Å². The Hall–Kier alpha value is -0.880. The monoisotopic (exact) mass is 258 g/mol. The van der Waals surface area contributed by atoms with Gasteiger partial charge in [-0.15, -0.1) is 0 Å². The van der Waals surface area contributed by atoms with Gasteiger partial charge >= 0.3 is 0 Å². The molecule has 0 aliphatic carbocycles. The van der Waals surface area contributed by atoms with E-state index in [1.54, 1.807) is 7.11 Å². The van der Waals surface area contributed by atoms with Crippen LogP contribution in [0.1, 0.15) is 13.8 Å². The van der Waals surface area contributed by atoms with Crippen LogP contribution in [-0.4, -0.2) is 50.7 Å². The van der Waals surface area contributed by atoms with Crippen LogP contribution in [0.3, 0.4) is 0 Å². The minimum absolute atomic E-state index is 0.0276. The molecule has 0 heterocycles. The predicted octanol–water partition coefficient (Wildman–Crippen LogP) is 0.407.